The molecule has 1 saturated heterocycles. The Bertz CT molecular complexity index is 1010. The molecule has 30 heavy (non-hydrogen) atoms. The number of anilines is 2. The van der Waals surface area contributed by atoms with Gasteiger partial charge in [0.05, 0.1) is 5.92 Å². The summed E-state index contributed by atoms with van der Waals surface area (Å²) in [7, 11) is 0. The minimum absolute atomic E-state index is 0.0501. The van der Waals surface area contributed by atoms with Crippen LogP contribution in [0.3, 0.4) is 0 Å². The summed E-state index contributed by atoms with van der Waals surface area (Å²) in [6.07, 6.45) is 0.0501. The van der Waals surface area contributed by atoms with Gasteiger partial charge in [-0.1, -0.05) is 24.3 Å². The summed E-state index contributed by atoms with van der Waals surface area (Å²) in [5.74, 6) is -1.97. The third-order valence-electron chi connectivity index (χ3n) is 5.22. The van der Waals surface area contributed by atoms with Crippen molar-refractivity contribution < 1.29 is 23.9 Å². The second-order valence-corrected chi connectivity index (χ2v) is 7.42. The molecule has 1 N–H and O–H groups in total. The quantitative estimate of drug-likeness (QED) is 0.586. The molecule has 0 saturated carbocycles. The largest absolute Gasteiger partial charge is 0.455 e. The lowest BCUT2D eigenvalue weighted by Gasteiger charge is -2.20. The molecule has 3 rings (SSSR count). The van der Waals surface area contributed by atoms with Crippen molar-refractivity contribution in [3.8, 4) is 0 Å². The Labute approximate surface area is 175 Å². The number of benzene rings is 2. The van der Waals surface area contributed by atoms with E-state index in [0.717, 1.165) is 16.8 Å². The van der Waals surface area contributed by atoms with Gasteiger partial charge in [0, 0.05) is 29.9 Å². The summed E-state index contributed by atoms with van der Waals surface area (Å²) < 4.78 is 5.13. The second kappa shape index (κ2) is 8.90. The van der Waals surface area contributed by atoms with Crippen LogP contribution in [0.1, 0.15) is 34.8 Å². The minimum atomic E-state index is -0.619. The van der Waals surface area contributed by atoms with E-state index in [4.69, 9.17) is 4.74 Å². The van der Waals surface area contributed by atoms with E-state index in [0.29, 0.717) is 11.3 Å². The van der Waals surface area contributed by atoms with Crippen LogP contribution in [-0.4, -0.2) is 36.7 Å². The first-order chi connectivity index (χ1) is 14.3. The van der Waals surface area contributed by atoms with Gasteiger partial charge in [0.25, 0.3) is 5.91 Å². The van der Waals surface area contributed by atoms with Crippen molar-refractivity contribution >= 4 is 34.9 Å². The summed E-state index contributed by atoms with van der Waals surface area (Å²) in [5, 5.41) is 2.59. The normalized spacial score (nSPS) is 15.8. The molecule has 0 bridgehead atoms. The lowest BCUT2D eigenvalue weighted by molar-refractivity contribution is -0.151. The number of amides is 2. The third kappa shape index (κ3) is 4.74. The monoisotopic (exact) mass is 408 g/mol. The maximum atomic E-state index is 12.4. The Hall–Kier alpha value is -3.48. The highest BCUT2D eigenvalue weighted by Gasteiger charge is 2.37. The lowest BCUT2D eigenvalue weighted by Crippen LogP contribution is -2.28. The molecule has 0 aliphatic carbocycles. The van der Waals surface area contributed by atoms with Gasteiger partial charge >= 0.3 is 5.97 Å². The fourth-order valence-corrected chi connectivity index (χ4v) is 3.39. The Morgan fingerprint density at radius 3 is 2.60 bits per heavy atom. The van der Waals surface area contributed by atoms with Crippen LogP contribution in [-0.2, 0) is 19.1 Å². The number of nitrogens with one attached hydrogen (secondary N) is 1. The summed E-state index contributed by atoms with van der Waals surface area (Å²) in [6, 6.07) is 12.2. The summed E-state index contributed by atoms with van der Waals surface area (Å²) in [5.41, 5.74) is 3.77. The molecule has 1 fully saturated rings. The van der Waals surface area contributed by atoms with Crippen LogP contribution in [0.25, 0.3) is 0 Å². The van der Waals surface area contributed by atoms with Crippen LogP contribution in [0.5, 0.6) is 0 Å². The van der Waals surface area contributed by atoms with Gasteiger partial charge in [-0.25, -0.2) is 0 Å². The average Bonchev–Trinajstić information content (AvgIpc) is 3.10. The summed E-state index contributed by atoms with van der Waals surface area (Å²) in [4.78, 5) is 49.9. The van der Waals surface area contributed by atoms with Crippen LogP contribution in [0.4, 0.5) is 11.4 Å². The van der Waals surface area contributed by atoms with Crippen LogP contribution in [0.15, 0.2) is 42.5 Å². The number of hydrogen-bond donors (Lipinski definition) is 1. The zero-order valence-electron chi connectivity index (χ0n) is 17.2. The van der Waals surface area contributed by atoms with Gasteiger partial charge in [0.2, 0.25) is 5.91 Å². The molecule has 2 aromatic rings. The lowest BCUT2D eigenvalue weighted by atomic mass is 10.1. The fourth-order valence-electron chi connectivity index (χ4n) is 3.39. The summed E-state index contributed by atoms with van der Waals surface area (Å²) >= 11 is 0. The number of hydrogen-bond acceptors (Lipinski definition) is 5. The highest BCUT2D eigenvalue weighted by molar-refractivity contribution is 6.01. The van der Waals surface area contributed by atoms with E-state index in [-0.39, 0.29) is 24.7 Å². The molecular formula is C23H24N2O5. The van der Waals surface area contributed by atoms with E-state index in [1.54, 1.807) is 29.2 Å². The third-order valence-corrected chi connectivity index (χ3v) is 5.22. The predicted octanol–water partition coefficient (Wildman–Crippen LogP) is 3.04. The van der Waals surface area contributed by atoms with E-state index in [9.17, 15) is 19.2 Å². The standard InChI is InChI=1S/C23H24N2O5/c1-14-6-4-9-20(15(14)2)25-12-18(11-22(25)28)23(29)30-13-21(27)24-19-8-5-7-17(10-19)16(3)26/h4-10,18H,11-13H2,1-3H3,(H,24,27)/t18-/m1/s1. The SMILES string of the molecule is CC(=O)c1cccc(NC(=O)COC(=O)[C@@H]2CC(=O)N(c3cccc(C)c3C)C2)c1. The van der Waals surface area contributed by atoms with Crippen LogP contribution < -0.4 is 10.2 Å². The van der Waals surface area contributed by atoms with Crippen molar-refractivity contribution in [1.29, 1.82) is 0 Å². The van der Waals surface area contributed by atoms with Gasteiger partial charge in [-0.3, -0.25) is 19.2 Å². The van der Waals surface area contributed by atoms with Gasteiger partial charge in [0.1, 0.15) is 0 Å². The fraction of sp³-hybridized carbons (Fsp3) is 0.304. The Morgan fingerprint density at radius 2 is 1.87 bits per heavy atom. The van der Waals surface area contributed by atoms with Gasteiger partial charge in [-0.05, 0) is 50.1 Å². The number of esters is 1. The number of rotatable bonds is 6. The molecule has 0 aromatic heterocycles. The van der Waals surface area contributed by atoms with Crippen LogP contribution in [0.2, 0.25) is 0 Å². The van der Waals surface area contributed by atoms with Gasteiger partial charge in [0.15, 0.2) is 12.4 Å². The maximum absolute atomic E-state index is 12.4. The molecule has 2 amide bonds. The molecule has 0 unspecified atom stereocenters. The zero-order chi connectivity index (χ0) is 21.8. The van der Waals surface area contributed by atoms with Crippen LogP contribution in [0, 0.1) is 19.8 Å². The Kier molecular flexibility index (Phi) is 6.30. The van der Waals surface area contributed by atoms with E-state index in [1.165, 1.54) is 6.92 Å². The first-order valence-corrected chi connectivity index (χ1v) is 9.70. The first-order valence-electron chi connectivity index (χ1n) is 9.70. The molecule has 1 aliphatic rings. The van der Waals surface area contributed by atoms with Gasteiger partial charge in [-0.2, -0.15) is 0 Å². The number of carbonyl (C=O) groups excluding carboxylic acids is 4. The highest BCUT2D eigenvalue weighted by Crippen LogP contribution is 2.29. The van der Waals surface area contributed by atoms with Crippen molar-refractivity contribution in [3.63, 3.8) is 0 Å². The molecule has 1 heterocycles. The van der Waals surface area contributed by atoms with E-state index in [2.05, 4.69) is 5.32 Å². The number of nitrogens with zero attached hydrogens (tertiary/aromatic N) is 1. The van der Waals surface area contributed by atoms with Crippen molar-refractivity contribution in [2.24, 2.45) is 5.92 Å². The smallest absolute Gasteiger partial charge is 0.311 e. The van der Waals surface area contributed by atoms with Crippen molar-refractivity contribution in [2.45, 2.75) is 27.2 Å². The average molecular weight is 408 g/mol. The first kappa shape index (κ1) is 21.2. The molecule has 1 atom stereocenters. The number of ketones is 1. The van der Waals surface area contributed by atoms with Crippen molar-refractivity contribution in [3.05, 3.63) is 59.2 Å². The topological polar surface area (TPSA) is 92.8 Å². The molecule has 7 nitrogen and oxygen atoms in total. The Balaban J connectivity index is 1.56. The van der Waals surface area contributed by atoms with E-state index in [1.807, 2.05) is 32.0 Å². The highest BCUT2D eigenvalue weighted by atomic mass is 16.5. The van der Waals surface area contributed by atoms with E-state index < -0.39 is 24.4 Å². The molecule has 2 aromatic carbocycles. The zero-order valence-corrected chi connectivity index (χ0v) is 17.2. The summed E-state index contributed by atoms with van der Waals surface area (Å²) in [6.45, 7) is 5.11. The number of carbonyl (C=O) groups is 4. The van der Waals surface area contributed by atoms with Crippen molar-refractivity contribution in [1.82, 2.24) is 0 Å². The second-order valence-electron chi connectivity index (χ2n) is 7.42. The maximum Gasteiger partial charge on any atom is 0.311 e. The number of Topliss-reactive ketones (excluding diaryl/α,β-unsaturated/α-hetero) is 1. The minimum Gasteiger partial charge on any atom is -0.455 e. The molecule has 156 valence electrons. The molecule has 0 radical (unpaired) electrons. The van der Waals surface area contributed by atoms with E-state index >= 15 is 0 Å². The van der Waals surface area contributed by atoms with Gasteiger partial charge in [-0.15, -0.1) is 0 Å². The van der Waals surface area contributed by atoms with Gasteiger partial charge < -0.3 is 15.0 Å². The molecule has 7 heteroatoms. The van der Waals surface area contributed by atoms with Crippen LogP contribution >= 0.6 is 0 Å². The molecular weight excluding hydrogens is 384 g/mol. The number of ether oxygens (including phenoxy) is 1. The number of aryl methyl sites for hydroxylation is 1. The van der Waals surface area contributed by atoms with Crippen molar-refractivity contribution in [2.75, 3.05) is 23.4 Å². The molecule has 1 aliphatic heterocycles. The molecule has 0 spiro atoms. The predicted molar refractivity (Wildman–Crippen MR) is 112 cm³/mol. The Morgan fingerprint density at radius 1 is 1.13 bits per heavy atom.